The van der Waals surface area contributed by atoms with Crippen LogP contribution in [0.25, 0.3) is 0 Å². The van der Waals surface area contributed by atoms with Gasteiger partial charge in [0.05, 0.1) is 0 Å². The molecular formula is C15H18ClN3O. The molecule has 0 radical (unpaired) electrons. The Kier molecular flexibility index (Phi) is 6.61. The van der Waals surface area contributed by atoms with Crippen LogP contribution in [0.1, 0.15) is 17.5 Å². The van der Waals surface area contributed by atoms with Crippen LogP contribution < -0.4 is 10.6 Å². The maximum atomic E-state index is 11.7. The van der Waals surface area contributed by atoms with Crippen molar-refractivity contribution in [2.45, 2.75) is 20.3 Å². The lowest BCUT2D eigenvalue weighted by Crippen LogP contribution is -2.26. The third-order valence-electron chi connectivity index (χ3n) is 2.71. The zero-order chi connectivity index (χ0) is 15.0. The van der Waals surface area contributed by atoms with Crippen LogP contribution in [0.3, 0.4) is 0 Å². The fourth-order valence-electron chi connectivity index (χ4n) is 1.64. The lowest BCUT2D eigenvalue weighted by Gasteiger charge is -2.07. The number of hydrogen-bond acceptors (Lipinski definition) is 3. The van der Waals surface area contributed by atoms with Crippen LogP contribution in [0.5, 0.6) is 0 Å². The number of nitrogens with zero attached hydrogens (tertiary/aromatic N) is 1. The molecule has 0 heterocycles. The molecule has 1 aromatic carbocycles. The Labute approximate surface area is 124 Å². The monoisotopic (exact) mass is 291 g/mol. The van der Waals surface area contributed by atoms with Gasteiger partial charge in [-0.25, -0.2) is 0 Å². The number of hydrogen-bond donors (Lipinski definition) is 2. The molecule has 0 aliphatic rings. The molecule has 1 aromatic rings. The zero-order valence-electron chi connectivity index (χ0n) is 11.7. The molecule has 0 unspecified atom stereocenters. The first-order chi connectivity index (χ1) is 9.58. The number of nitriles is 1. The van der Waals surface area contributed by atoms with E-state index >= 15 is 0 Å². The topological polar surface area (TPSA) is 64.9 Å². The van der Waals surface area contributed by atoms with Gasteiger partial charge in [0.25, 0.3) is 5.91 Å². The van der Waals surface area contributed by atoms with Gasteiger partial charge in [-0.15, -0.1) is 11.6 Å². The lowest BCUT2D eigenvalue weighted by atomic mass is 10.1. The van der Waals surface area contributed by atoms with Gasteiger partial charge in [0.2, 0.25) is 0 Å². The average molecular weight is 292 g/mol. The molecule has 0 aliphatic carbocycles. The van der Waals surface area contributed by atoms with E-state index in [-0.39, 0.29) is 5.57 Å². The highest BCUT2D eigenvalue weighted by Crippen LogP contribution is 2.16. The van der Waals surface area contributed by atoms with Gasteiger partial charge in [0, 0.05) is 24.3 Å². The minimum Gasteiger partial charge on any atom is -0.360 e. The van der Waals surface area contributed by atoms with Crippen molar-refractivity contribution in [1.82, 2.24) is 5.32 Å². The van der Waals surface area contributed by atoms with Gasteiger partial charge < -0.3 is 10.6 Å². The number of amides is 1. The summed E-state index contributed by atoms with van der Waals surface area (Å²) in [5.74, 6) is 0.0852. The summed E-state index contributed by atoms with van der Waals surface area (Å²) in [4.78, 5) is 11.7. The molecular weight excluding hydrogens is 274 g/mol. The molecule has 2 N–H and O–H groups in total. The summed E-state index contributed by atoms with van der Waals surface area (Å²) in [6.45, 7) is 4.44. The predicted octanol–water partition coefficient (Wildman–Crippen LogP) is 2.87. The quantitative estimate of drug-likeness (QED) is 0.367. The SMILES string of the molecule is Cc1ccc(N/C=C(/C#N)C(=O)NCCCCl)c(C)c1. The van der Waals surface area contributed by atoms with E-state index in [2.05, 4.69) is 10.6 Å². The summed E-state index contributed by atoms with van der Waals surface area (Å²) in [6, 6.07) is 7.80. The molecule has 0 aliphatic heterocycles. The van der Waals surface area contributed by atoms with Crippen LogP contribution in [0.2, 0.25) is 0 Å². The summed E-state index contributed by atoms with van der Waals surface area (Å²) in [5.41, 5.74) is 3.13. The van der Waals surface area contributed by atoms with Gasteiger partial charge in [0.1, 0.15) is 11.6 Å². The number of nitrogens with one attached hydrogen (secondary N) is 2. The van der Waals surface area contributed by atoms with Crippen molar-refractivity contribution in [1.29, 1.82) is 5.26 Å². The lowest BCUT2D eigenvalue weighted by molar-refractivity contribution is -0.117. The zero-order valence-corrected chi connectivity index (χ0v) is 12.4. The molecule has 1 rings (SSSR count). The van der Waals surface area contributed by atoms with Gasteiger partial charge in [-0.1, -0.05) is 17.7 Å². The Bertz CT molecular complexity index is 547. The van der Waals surface area contributed by atoms with Gasteiger partial charge in [-0.05, 0) is 31.9 Å². The van der Waals surface area contributed by atoms with Crippen molar-refractivity contribution in [3.63, 3.8) is 0 Å². The van der Waals surface area contributed by atoms with Crippen molar-refractivity contribution >= 4 is 23.2 Å². The Morgan fingerprint density at radius 2 is 2.20 bits per heavy atom. The van der Waals surface area contributed by atoms with Crippen LogP contribution in [0.15, 0.2) is 30.0 Å². The fraction of sp³-hybridized carbons (Fsp3) is 0.333. The maximum Gasteiger partial charge on any atom is 0.263 e. The smallest absolute Gasteiger partial charge is 0.263 e. The predicted molar refractivity (Wildman–Crippen MR) is 81.6 cm³/mol. The van der Waals surface area contributed by atoms with Crippen LogP contribution in [-0.2, 0) is 4.79 Å². The van der Waals surface area contributed by atoms with Crippen LogP contribution in [-0.4, -0.2) is 18.3 Å². The van der Waals surface area contributed by atoms with Crippen molar-refractivity contribution < 1.29 is 4.79 Å². The Morgan fingerprint density at radius 3 is 2.80 bits per heavy atom. The molecule has 0 spiro atoms. The normalized spacial score (nSPS) is 10.8. The number of anilines is 1. The number of alkyl halides is 1. The second-order valence-corrected chi connectivity index (χ2v) is 4.81. The van der Waals surface area contributed by atoms with E-state index in [1.165, 1.54) is 6.20 Å². The fourth-order valence-corrected chi connectivity index (χ4v) is 1.77. The second-order valence-electron chi connectivity index (χ2n) is 4.43. The standard InChI is InChI=1S/C15H18ClN3O/c1-11-4-5-14(12(2)8-11)19-10-13(9-17)15(20)18-7-3-6-16/h4-5,8,10,19H,3,6-7H2,1-2H3,(H,18,20)/b13-10-. The van der Waals surface area contributed by atoms with Gasteiger partial charge in [0.15, 0.2) is 0 Å². The van der Waals surface area contributed by atoms with E-state index in [1.807, 2.05) is 38.1 Å². The number of rotatable bonds is 6. The summed E-state index contributed by atoms with van der Waals surface area (Å²) in [6.07, 6.45) is 2.10. The third kappa shape index (κ3) is 4.94. The third-order valence-corrected chi connectivity index (χ3v) is 2.98. The number of halogens is 1. The number of carbonyl (C=O) groups excluding carboxylic acids is 1. The second kappa shape index (κ2) is 8.23. The summed E-state index contributed by atoms with van der Waals surface area (Å²) < 4.78 is 0. The first kappa shape index (κ1) is 16.1. The molecule has 1 amide bonds. The van der Waals surface area contributed by atoms with Crippen molar-refractivity contribution in [2.75, 3.05) is 17.7 Å². The Morgan fingerprint density at radius 1 is 1.45 bits per heavy atom. The summed E-state index contributed by atoms with van der Waals surface area (Å²) in [5, 5.41) is 14.6. The van der Waals surface area contributed by atoms with Crippen LogP contribution in [0, 0.1) is 25.2 Å². The molecule has 0 bridgehead atoms. The first-order valence-corrected chi connectivity index (χ1v) is 6.90. The van der Waals surface area contributed by atoms with Gasteiger partial charge in [-0.2, -0.15) is 5.26 Å². The van der Waals surface area contributed by atoms with E-state index in [0.717, 1.165) is 16.8 Å². The van der Waals surface area contributed by atoms with Gasteiger partial charge >= 0.3 is 0 Å². The van der Waals surface area contributed by atoms with Crippen molar-refractivity contribution in [3.05, 3.63) is 41.1 Å². The molecule has 106 valence electrons. The van der Waals surface area contributed by atoms with Crippen LogP contribution in [0.4, 0.5) is 5.69 Å². The van der Waals surface area contributed by atoms with Crippen LogP contribution >= 0.6 is 11.6 Å². The van der Waals surface area contributed by atoms with E-state index in [4.69, 9.17) is 16.9 Å². The highest BCUT2D eigenvalue weighted by atomic mass is 35.5. The minimum absolute atomic E-state index is 0.0412. The Hall–Kier alpha value is -1.99. The molecule has 5 heteroatoms. The average Bonchev–Trinajstić information content (AvgIpc) is 2.42. The highest BCUT2D eigenvalue weighted by molar-refractivity contribution is 6.17. The summed E-state index contributed by atoms with van der Waals surface area (Å²) in [7, 11) is 0. The Balaban J connectivity index is 2.70. The summed E-state index contributed by atoms with van der Waals surface area (Å²) >= 11 is 5.53. The number of aryl methyl sites for hydroxylation is 2. The molecule has 0 fully saturated rings. The minimum atomic E-state index is -0.394. The molecule has 20 heavy (non-hydrogen) atoms. The molecule has 0 atom stereocenters. The van der Waals surface area contributed by atoms with E-state index in [1.54, 1.807) is 0 Å². The number of carbonyl (C=O) groups is 1. The largest absolute Gasteiger partial charge is 0.360 e. The van der Waals surface area contributed by atoms with Crippen molar-refractivity contribution in [2.24, 2.45) is 0 Å². The maximum absolute atomic E-state index is 11.7. The number of benzene rings is 1. The van der Waals surface area contributed by atoms with E-state index in [0.29, 0.717) is 18.8 Å². The van der Waals surface area contributed by atoms with E-state index in [9.17, 15) is 4.79 Å². The molecule has 0 saturated heterocycles. The van der Waals surface area contributed by atoms with E-state index < -0.39 is 5.91 Å². The molecule has 0 saturated carbocycles. The molecule has 0 aromatic heterocycles. The highest BCUT2D eigenvalue weighted by Gasteiger charge is 2.07. The first-order valence-electron chi connectivity index (χ1n) is 6.36. The van der Waals surface area contributed by atoms with Crippen molar-refractivity contribution in [3.8, 4) is 6.07 Å². The van der Waals surface area contributed by atoms with Gasteiger partial charge in [-0.3, -0.25) is 4.79 Å². The molecule has 4 nitrogen and oxygen atoms in total.